The van der Waals surface area contributed by atoms with Gasteiger partial charge in [-0.15, -0.1) is 0 Å². The van der Waals surface area contributed by atoms with Crippen LogP contribution in [0.1, 0.15) is 26.0 Å². The van der Waals surface area contributed by atoms with Crippen LogP contribution in [0.15, 0.2) is 53.5 Å². The molecule has 1 amide bonds. The van der Waals surface area contributed by atoms with Gasteiger partial charge >= 0.3 is 0 Å². The van der Waals surface area contributed by atoms with Gasteiger partial charge in [0.15, 0.2) is 0 Å². The summed E-state index contributed by atoms with van der Waals surface area (Å²) in [5.41, 5.74) is 1.33. The number of carbonyl (C=O) groups is 1. The van der Waals surface area contributed by atoms with E-state index < -0.39 is 0 Å². The van der Waals surface area contributed by atoms with Gasteiger partial charge in [0.25, 0.3) is 5.56 Å². The molecule has 3 aromatic rings. The maximum atomic E-state index is 12.2. The summed E-state index contributed by atoms with van der Waals surface area (Å²) < 4.78 is 7.19. The predicted octanol–water partition coefficient (Wildman–Crippen LogP) is 3.91. The second-order valence-corrected chi connectivity index (χ2v) is 7.03. The minimum Gasteiger partial charge on any atom is -0.485 e. The van der Waals surface area contributed by atoms with Gasteiger partial charge in [-0.25, -0.2) is 4.98 Å². The summed E-state index contributed by atoms with van der Waals surface area (Å²) in [6, 6.07) is 11.9. The average molecular weight is 386 g/mol. The Hall–Kier alpha value is -2.86. The van der Waals surface area contributed by atoms with Gasteiger partial charge in [0.2, 0.25) is 5.91 Å². The molecule has 2 heterocycles. The molecule has 0 fully saturated rings. The van der Waals surface area contributed by atoms with Crippen molar-refractivity contribution >= 4 is 28.8 Å². The van der Waals surface area contributed by atoms with Crippen LogP contribution < -0.4 is 15.6 Å². The Balaban J connectivity index is 1.77. The molecule has 7 heteroatoms. The summed E-state index contributed by atoms with van der Waals surface area (Å²) in [6.45, 7) is 4.07. The van der Waals surface area contributed by atoms with Crippen LogP contribution in [0.25, 0.3) is 5.65 Å². The van der Waals surface area contributed by atoms with Crippen molar-refractivity contribution < 1.29 is 9.53 Å². The van der Waals surface area contributed by atoms with Crippen molar-refractivity contribution in [3.05, 3.63) is 69.7 Å². The number of para-hydroxylation sites is 2. The molecule has 3 rings (SSSR count). The Morgan fingerprint density at radius 1 is 1.26 bits per heavy atom. The number of anilines is 1. The van der Waals surface area contributed by atoms with Crippen LogP contribution in [0.2, 0.25) is 5.02 Å². The summed E-state index contributed by atoms with van der Waals surface area (Å²) in [4.78, 5) is 28.7. The van der Waals surface area contributed by atoms with Crippen LogP contribution in [0, 0.1) is 5.92 Å². The minimum atomic E-state index is -0.236. The third-order valence-electron chi connectivity index (χ3n) is 3.81. The summed E-state index contributed by atoms with van der Waals surface area (Å²) in [5, 5.41) is 3.32. The zero-order valence-electron chi connectivity index (χ0n) is 15.1. The lowest BCUT2D eigenvalue weighted by Gasteiger charge is -2.13. The summed E-state index contributed by atoms with van der Waals surface area (Å²) >= 11 is 5.92. The largest absolute Gasteiger partial charge is 0.485 e. The molecule has 0 unspecified atom stereocenters. The molecule has 0 radical (unpaired) electrons. The van der Waals surface area contributed by atoms with Gasteiger partial charge in [-0.2, -0.15) is 0 Å². The summed E-state index contributed by atoms with van der Waals surface area (Å²) in [6.07, 6.45) is 1.95. The van der Waals surface area contributed by atoms with Crippen molar-refractivity contribution in [2.75, 3.05) is 5.32 Å². The van der Waals surface area contributed by atoms with Crippen LogP contribution in [0.4, 0.5) is 5.69 Å². The number of ether oxygens (including phenoxy) is 1. The van der Waals surface area contributed by atoms with Crippen molar-refractivity contribution in [1.82, 2.24) is 9.38 Å². The number of nitrogens with one attached hydrogen (secondary N) is 1. The molecular weight excluding hydrogens is 366 g/mol. The fraction of sp³-hybridized carbons (Fsp3) is 0.250. The zero-order chi connectivity index (χ0) is 19.4. The van der Waals surface area contributed by atoms with E-state index >= 15 is 0 Å². The second-order valence-electron chi connectivity index (χ2n) is 6.59. The number of aromatic nitrogens is 2. The molecule has 0 saturated carbocycles. The van der Waals surface area contributed by atoms with E-state index in [1.807, 2.05) is 26.0 Å². The monoisotopic (exact) mass is 385 g/mol. The molecule has 6 nitrogen and oxygen atoms in total. The third-order valence-corrected chi connectivity index (χ3v) is 4.03. The quantitative estimate of drug-likeness (QED) is 0.698. The van der Waals surface area contributed by atoms with Crippen LogP contribution in [-0.2, 0) is 11.4 Å². The average Bonchev–Trinajstić information content (AvgIpc) is 2.61. The Morgan fingerprint density at radius 2 is 2.04 bits per heavy atom. The van der Waals surface area contributed by atoms with Crippen molar-refractivity contribution in [2.45, 2.75) is 26.9 Å². The lowest BCUT2D eigenvalue weighted by Crippen LogP contribution is -2.17. The summed E-state index contributed by atoms with van der Waals surface area (Å²) in [5.74, 6) is 0.717. The highest BCUT2D eigenvalue weighted by molar-refractivity contribution is 6.30. The van der Waals surface area contributed by atoms with E-state index in [4.69, 9.17) is 16.3 Å². The standard InChI is InChI=1S/C20H20ClN3O3/c1-13(2)9-19(25)23-16-5-3-4-6-17(16)27-12-15-10-20(26)24-11-14(21)7-8-18(24)22-15/h3-8,10-11,13H,9,12H2,1-2H3,(H,23,25). The predicted molar refractivity (Wildman–Crippen MR) is 105 cm³/mol. The lowest BCUT2D eigenvalue weighted by atomic mass is 10.1. The Bertz CT molecular complexity index is 1030. The fourth-order valence-corrected chi connectivity index (χ4v) is 2.78. The van der Waals surface area contributed by atoms with E-state index in [-0.39, 0.29) is 24.0 Å². The molecule has 1 N–H and O–H groups in total. The van der Waals surface area contributed by atoms with E-state index in [0.717, 1.165) is 0 Å². The lowest BCUT2D eigenvalue weighted by molar-refractivity contribution is -0.116. The van der Waals surface area contributed by atoms with Crippen molar-refractivity contribution in [2.24, 2.45) is 5.92 Å². The van der Waals surface area contributed by atoms with Crippen LogP contribution >= 0.6 is 11.6 Å². The van der Waals surface area contributed by atoms with E-state index in [9.17, 15) is 9.59 Å². The summed E-state index contributed by atoms with van der Waals surface area (Å²) in [7, 11) is 0. The first-order valence-electron chi connectivity index (χ1n) is 8.62. The van der Waals surface area contributed by atoms with Crippen LogP contribution in [-0.4, -0.2) is 15.3 Å². The molecule has 0 bridgehead atoms. The number of fused-ring (bicyclic) bond motifs is 1. The number of carbonyl (C=O) groups excluding carboxylic acids is 1. The zero-order valence-corrected chi connectivity index (χ0v) is 15.9. The smallest absolute Gasteiger partial charge is 0.258 e. The van der Waals surface area contributed by atoms with Crippen molar-refractivity contribution in [3.8, 4) is 5.75 Å². The van der Waals surface area contributed by atoms with Crippen LogP contribution in [0.3, 0.4) is 0 Å². The van der Waals surface area contributed by atoms with E-state index in [1.165, 1.54) is 16.7 Å². The van der Waals surface area contributed by atoms with E-state index in [1.54, 1.807) is 24.3 Å². The van der Waals surface area contributed by atoms with E-state index in [0.29, 0.717) is 34.2 Å². The number of benzene rings is 1. The first kappa shape index (κ1) is 18.9. The number of halogens is 1. The van der Waals surface area contributed by atoms with Gasteiger partial charge in [-0.1, -0.05) is 37.6 Å². The third kappa shape index (κ3) is 4.86. The number of rotatable bonds is 6. The molecule has 0 aliphatic carbocycles. The number of pyridine rings is 1. The Kier molecular flexibility index (Phi) is 5.76. The SMILES string of the molecule is CC(C)CC(=O)Nc1ccccc1OCc1cc(=O)n2cc(Cl)ccc2n1. The minimum absolute atomic E-state index is 0.0694. The maximum absolute atomic E-state index is 12.2. The van der Waals surface area contributed by atoms with Gasteiger partial charge < -0.3 is 10.1 Å². The number of amides is 1. The van der Waals surface area contributed by atoms with Gasteiger partial charge in [0.1, 0.15) is 18.0 Å². The molecule has 1 aromatic carbocycles. The molecule has 27 heavy (non-hydrogen) atoms. The fourth-order valence-electron chi connectivity index (χ4n) is 2.62. The second kappa shape index (κ2) is 8.22. The number of hydrogen-bond donors (Lipinski definition) is 1. The Morgan fingerprint density at radius 3 is 2.81 bits per heavy atom. The maximum Gasteiger partial charge on any atom is 0.258 e. The number of hydrogen-bond acceptors (Lipinski definition) is 4. The molecule has 140 valence electrons. The van der Waals surface area contributed by atoms with Crippen LogP contribution in [0.5, 0.6) is 5.75 Å². The molecule has 0 aliphatic rings. The van der Waals surface area contributed by atoms with Crippen molar-refractivity contribution in [1.29, 1.82) is 0 Å². The molecule has 0 atom stereocenters. The van der Waals surface area contributed by atoms with Gasteiger partial charge in [0, 0.05) is 18.7 Å². The normalized spacial score (nSPS) is 11.0. The highest BCUT2D eigenvalue weighted by Gasteiger charge is 2.10. The first-order chi connectivity index (χ1) is 12.9. The Labute approximate surface area is 161 Å². The van der Waals surface area contributed by atoms with E-state index in [2.05, 4.69) is 10.3 Å². The molecule has 0 saturated heterocycles. The van der Waals surface area contributed by atoms with Gasteiger partial charge in [0.05, 0.1) is 16.4 Å². The molecule has 2 aromatic heterocycles. The molecule has 0 spiro atoms. The molecule has 0 aliphatic heterocycles. The first-order valence-corrected chi connectivity index (χ1v) is 8.99. The van der Waals surface area contributed by atoms with Gasteiger partial charge in [-0.3, -0.25) is 14.0 Å². The molecular formula is C20H20ClN3O3. The van der Waals surface area contributed by atoms with Gasteiger partial charge in [-0.05, 0) is 30.2 Å². The number of nitrogens with zero attached hydrogens (tertiary/aromatic N) is 2. The highest BCUT2D eigenvalue weighted by Crippen LogP contribution is 2.25. The highest BCUT2D eigenvalue weighted by atomic mass is 35.5. The van der Waals surface area contributed by atoms with Crippen molar-refractivity contribution in [3.63, 3.8) is 0 Å². The topological polar surface area (TPSA) is 72.7 Å².